The van der Waals surface area contributed by atoms with E-state index in [1.54, 1.807) is 7.05 Å². The van der Waals surface area contributed by atoms with Crippen LogP contribution >= 0.6 is 0 Å². The van der Waals surface area contributed by atoms with Gasteiger partial charge in [-0.05, 0) is 30.7 Å². The maximum absolute atomic E-state index is 6.00. The van der Waals surface area contributed by atoms with Crippen molar-refractivity contribution >= 4 is 33.3 Å². The van der Waals surface area contributed by atoms with Crippen LogP contribution in [0.4, 0.5) is 0 Å². The van der Waals surface area contributed by atoms with Gasteiger partial charge in [-0.1, -0.05) is 30.4 Å². The normalized spacial score (nSPS) is 12.2. The molecule has 3 rings (SSSR count). The molecule has 3 aromatic rings. The fraction of sp³-hybridized carbons (Fsp3) is 0.118. The maximum Gasteiger partial charge on any atom is 0.136 e. The highest BCUT2D eigenvalue weighted by Crippen LogP contribution is 2.33. The number of nitrogens with zero attached hydrogens (tertiary/aromatic N) is 1. The predicted octanol–water partition coefficient (Wildman–Crippen LogP) is 3.95. The molecule has 0 aliphatic rings. The van der Waals surface area contributed by atoms with Crippen molar-refractivity contribution in [2.45, 2.75) is 6.92 Å². The van der Waals surface area contributed by atoms with E-state index in [9.17, 15) is 0 Å². The van der Waals surface area contributed by atoms with Crippen LogP contribution in [0.25, 0.3) is 27.5 Å². The highest BCUT2D eigenvalue weighted by molar-refractivity contribution is 6.17. The molecule has 0 radical (unpaired) electrons. The zero-order valence-electron chi connectivity index (χ0n) is 11.6. The van der Waals surface area contributed by atoms with E-state index in [-0.39, 0.29) is 0 Å². The molecule has 0 bridgehead atoms. The van der Waals surface area contributed by atoms with Crippen LogP contribution in [0.3, 0.4) is 0 Å². The molecule has 0 saturated carbocycles. The molecule has 2 aromatic carbocycles. The molecule has 2 N–H and O–H groups in total. The van der Waals surface area contributed by atoms with E-state index in [4.69, 9.17) is 10.2 Å². The van der Waals surface area contributed by atoms with Crippen molar-refractivity contribution < 1.29 is 4.42 Å². The summed E-state index contributed by atoms with van der Waals surface area (Å²) in [6.07, 6.45) is 0. The van der Waals surface area contributed by atoms with Crippen LogP contribution in [-0.4, -0.2) is 12.9 Å². The van der Waals surface area contributed by atoms with Gasteiger partial charge in [0.1, 0.15) is 17.0 Å². The first-order valence-electron chi connectivity index (χ1n) is 6.45. The number of aliphatic imine (C=N–C) groups is 1. The number of benzene rings is 2. The van der Waals surface area contributed by atoms with Gasteiger partial charge in [-0.25, -0.2) is 0 Å². The summed E-state index contributed by atoms with van der Waals surface area (Å²) in [4.78, 5) is 4.09. The zero-order valence-corrected chi connectivity index (χ0v) is 11.6. The van der Waals surface area contributed by atoms with Gasteiger partial charge >= 0.3 is 0 Å². The Kier molecular flexibility index (Phi) is 2.83. The Hall–Kier alpha value is -2.55. The van der Waals surface area contributed by atoms with Crippen molar-refractivity contribution in [3.63, 3.8) is 0 Å². The molecule has 0 amide bonds. The van der Waals surface area contributed by atoms with Gasteiger partial charge in [0, 0.05) is 23.4 Å². The first-order chi connectivity index (χ1) is 9.61. The second kappa shape index (κ2) is 4.53. The third-order valence-corrected chi connectivity index (χ3v) is 3.50. The van der Waals surface area contributed by atoms with E-state index in [2.05, 4.69) is 17.6 Å². The van der Waals surface area contributed by atoms with Crippen LogP contribution in [0.2, 0.25) is 0 Å². The summed E-state index contributed by atoms with van der Waals surface area (Å²) in [6.45, 7) is 5.98. The molecule has 1 aromatic heterocycles. The van der Waals surface area contributed by atoms with E-state index < -0.39 is 0 Å². The minimum Gasteiger partial charge on any atom is -0.456 e. The Labute approximate surface area is 117 Å². The lowest BCUT2D eigenvalue weighted by atomic mass is 10.0. The van der Waals surface area contributed by atoms with Crippen molar-refractivity contribution in [2.75, 3.05) is 7.05 Å². The smallest absolute Gasteiger partial charge is 0.136 e. The number of furan rings is 1. The summed E-state index contributed by atoms with van der Waals surface area (Å²) in [5.74, 6) is 0.513. The second-order valence-electron chi connectivity index (χ2n) is 4.88. The number of hydrogen-bond acceptors (Lipinski definition) is 2. The molecule has 0 spiro atoms. The van der Waals surface area contributed by atoms with Crippen LogP contribution in [-0.2, 0) is 0 Å². The summed E-state index contributed by atoms with van der Waals surface area (Å²) in [5.41, 5.74) is 10.7. The fourth-order valence-electron chi connectivity index (χ4n) is 2.43. The molecule has 0 saturated heterocycles. The van der Waals surface area contributed by atoms with Crippen molar-refractivity contribution in [1.82, 2.24) is 0 Å². The number of fused-ring (bicyclic) bond motifs is 3. The third-order valence-electron chi connectivity index (χ3n) is 3.50. The Morgan fingerprint density at radius 1 is 1.20 bits per heavy atom. The standard InChI is InChI=1S/C17H16N2O/c1-10(2)11-7-8-14-13(9-11)16-12(17(18)19-3)5-4-6-15(16)20-14/h4-9H,1H2,2-3H3,(H2,18,19). The van der Waals surface area contributed by atoms with Gasteiger partial charge in [0.15, 0.2) is 0 Å². The Morgan fingerprint density at radius 3 is 2.70 bits per heavy atom. The van der Waals surface area contributed by atoms with Gasteiger partial charge in [-0.2, -0.15) is 0 Å². The van der Waals surface area contributed by atoms with Gasteiger partial charge in [-0.15, -0.1) is 0 Å². The zero-order chi connectivity index (χ0) is 14.3. The van der Waals surface area contributed by atoms with Gasteiger partial charge in [0.05, 0.1) is 0 Å². The lowest BCUT2D eigenvalue weighted by Gasteiger charge is -2.03. The summed E-state index contributed by atoms with van der Waals surface area (Å²) in [7, 11) is 1.69. The monoisotopic (exact) mass is 264 g/mol. The van der Waals surface area contributed by atoms with Gasteiger partial charge < -0.3 is 10.2 Å². The van der Waals surface area contributed by atoms with Crippen molar-refractivity contribution in [2.24, 2.45) is 10.7 Å². The number of amidine groups is 1. The van der Waals surface area contributed by atoms with E-state index in [0.29, 0.717) is 5.84 Å². The number of allylic oxidation sites excluding steroid dienone is 1. The SMILES string of the molecule is C=C(C)c1ccc2oc3cccc(C(N)=NC)c3c2c1. The summed E-state index contributed by atoms with van der Waals surface area (Å²) in [6, 6.07) is 11.9. The summed E-state index contributed by atoms with van der Waals surface area (Å²) < 4.78 is 5.88. The molecule has 1 heterocycles. The first kappa shape index (κ1) is 12.5. The highest BCUT2D eigenvalue weighted by atomic mass is 16.3. The van der Waals surface area contributed by atoms with E-state index in [0.717, 1.165) is 38.6 Å². The molecule has 0 aliphatic carbocycles. The van der Waals surface area contributed by atoms with Crippen LogP contribution in [0.1, 0.15) is 18.1 Å². The molecule has 0 aliphatic heterocycles. The minimum atomic E-state index is 0.513. The molecule has 100 valence electrons. The molecule has 0 atom stereocenters. The fourth-order valence-corrected chi connectivity index (χ4v) is 2.43. The average molecular weight is 264 g/mol. The topological polar surface area (TPSA) is 51.5 Å². The van der Waals surface area contributed by atoms with Crippen LogP contribution in [0.5, 0.6) is 0 Å². The highest BCUT2D eigenvalue weighted by Gasteiger charge is 2.13. The minimum absolute atomic E-state index is 0.513. The van der Waals surface area contributed by atoms with Crippen LogP contribution < -0.4 is 5.73 Å². The van der Waals surface area contributed by atoms with Crippen LogP contribution in [0.15, 0.2) is 52.4 Å². The Balaban J connectivity index is 2.46. The van der Waals surface area contributed by atoms with Crippen molar-refractivity contribution in [3.8, 4) is 0 Å². The van der Waals surface area contributed by atoms with Gasteiger partial charge in [0.25, 0.3) is 0 Å². The predicted molar refractivity (Wildman–Crippen MR) is 85.1 cm³/mol. The number of rotatable bonds is 2. The van der Waals surface area contributed by atoms with Gasteiger partial charge in [-0.3, -0.25) is 4.99 Å². The quantitative estimate of drug-likeness (QED) is 0.562. The maximum atomic E-state index is 6.00. The molecular weight excluding hydrogens is 248 g/mol. The summed E-state index contributed by atoms with van der Waals surface area (Å²) in [5, 5.41) is 2.05. The first-order valence-corrected chi connectivity index (χ1v) is 6.45. The van der Waals surface area contributed by atoms with Gasteiger partial charge in [0.2, 0.25) is 0 Å². The van der Waals surface area contributed by atoms with Crippen molar-refractivity contribution in [1.29, 1.82) is 0 Å². The second-order valence-corrected chi connectivity index (χ2v) is 4.88. The Morgan fingerprint density at radius 2 is 2.00 bits per heavy atom. The lowest BCUT2D eigenvalue weighted by Crippen LogP contribution is -2.13. The molecule has 0 fully saturated rings. The molecular formula is C17H16N2O. The third kappa shape index (κ3) is 1.79. The summed E-state index contributed by atoms with van der Waals surface area (Å²) >= 11 is 0. The van der Waals surface area contributed by atoms with E-state index in [1.807, 2.05) is 37.3 Å². The molecule has 3 heteroatoms. The molecule has 3 nitrogen and oxygen atoms in total. The van der Waals surface area contributed by atoms with Crippen LogP contribution in [0, 0.1) is 0 Å². The van der Waals surface area contributed by atoms with E-state index >= 15 is 0 Å². The molecule has 20 heavy (non-hydrogen) atoms. The lowest BCUT2D eigenvalue weighted by molar-refractivity contribution is 0.669. The largest absolute Gasteiger partial charge is 0.456 e. The average Bonchev–Trinajstić information content (AvgIpc) is 2.83. The Bertz CT molecular complexity index is 856. The van der Waals surface area contributed by atoms with Crippen molar-refractivity contribution in [3.05, 3.63) is 54.1 Å². The molecule has 0 unspecified atom stereocenters. The van der Waals surface area contributed by atoms with E-state index in [1.165, 1.54) is 0 Å². The number of hydrogen-bond donors (Lipinski definition) is 1. The number of nitrogens with two attached hydrogens (primary N) is 1.